The molecule has 0 N–H and O–H groups in total. The Bertz CT molecular complexity index is 589. The van der Waals surface area contributed by atoms with E-state index in [-0.39, 0.29) is 0 Å². The van der Waals surface area contributed by atoms with Gasteiger partial charge in [0, 0.05) is 17.9 Å². The summed E-state index contributed by atoms with van der Waals surface area (Å²) < 4.78 is 14.1. The Hall–Kier alpha value is -1.01. The maximum Gasteiger partial charge on any atom is 0.165 e. The second kappa shape index (κ2) is 6.63. The van der Waals surface area contributed by atoms with Crippen molar-refractivity contribution >= 4 is 31.9 Å². The molecule has 4 nitrogen and oxygen atoms in total. The van der Waals surface area contributed by atoms with Gasteiger partial charge in [0.15, 0.2) is 11.5 Å². The maximum atomic E-state index is 5.97. The van der Waals surface area contributed by atoms with Gasteiger partial charge >= 0.3 is 0 Å². The van der Waals surface area contributed by atoms with Gasteiger partial charge in [0.25, 0.3) is 0 Å². The molecule has 1 aromatic carbocycles. The minimum Gasteiger partial charge on any atom is -0.493 e. The number of para-hydroxylation sites is 1. The lowest BCUT2D eigenvalue weighted by Crippen LogP contribution is -2.05. The summed E-state index contributed by atoms with van der Waals surface area (Å²) in [5, 5.41) is 5.07. The zero-order chi connectivity index (χ0) is 14.7. The van der Waals surface area contributed by atoms with Crippen molar-refractivity contribution in [3.8, 4) is 11.5 Å². The van der Waals surface area contributed by atoms with Gasteiger partial charge in [0.2, 0.25) is 0 Å². The molecule has 1 aromatic heterocycles. The summed E-state index contributed by atoms with van der Waals surface area (Å²) in [7, 11) is 3.55. The molecule has 0 aliphatic rings. The molecule has 2 aromatic rings. The predicted molar refractivity (Wildman–Crippen MR) is 85.6 cm³/mol. The SMILES string of the molecule is COc1cccc(CBr)c1OCc1c(Br)c(C)nn1C. The average molecular weight is 404 g/mol. The molecule has 0 bridgehead atoms. The van der Waals surface area contributed by atoms with Crippen LogP contribution in [0, 0.1) is 6.92 Å². The van der Waals surface area contributed by atoms with E-state index < -0.39 is 0 Å². The molecule has 0 atom stereocenters. The van der Waals surface area contributed by atoms with Gasteiger partial charge in [-0.2, -0.15) is 5.10 Å². The molecule has 0 unspecified atom stereocenters. The molecule has 0 spiro atoms. The first-order chi connectivity index (χ1) is 9.58. The molecule has 0 saturated heterocycles. The fourth-order valence-electron chi connectivity index (χ4n) is 1.97. The Morgan fingerprint density at radius 1 is 1.35 bits per heavy atom. The van der Waals surface area contributed by atoms with Gasteiger partial charge in [-0.1, -0.05) is 28.1 Å². The van der Waals surface area contributed by atoms with Crippen molar-refractivity contribution in [3.63, 3.8) is 0 Å². The first-order valence-corrected chi connectivity index (χ1v) is 8.02. The Morgan fingerprint density at radius 3 is 2.65 bits per heavy atom. The molecule has 2 rings (SSSR count). The molecule has 0 radical (unpaired) electrons. The standard InChI is InChI=1S/C14H16Br2N2O2/c1-9-13(16)11(18(2)17-9)8-20-14-10(7-15)5-4-6-12(14)19-3/h4-6H,7-8H2,1-3H3. The Kier molecular flexibility index (Phi) is 5.10. The molecule has 0 amide bonds. The van der Waals surface area contributed by atoms with Crippen molar-refractivity contribution in [2.45, 2.75) is 18.9 Å². The number of hydrogen-bond acceptors (Lipinski definition) is 3. The van der Waals surface area contributed by atoms with E-state index in [4.69, 9.17) is 9.47 Å². The van der Waals surface area contributed by atoms with Crippen LogP contribution in [0.1, 0.15) is 17.0 Å². The van der Waals surface area contributed by atoms with Crippen LogP contribution >= 0.6 is 31.9 Å². The molecule has 0 fully saturated rings. The van der Waals surface area contributed by atoms with E-state index in [0.29, 0.717) is 11.9 Å². The van der Waals surface area contributed by atoms with Crippen LogP contribution in [-0.4, -0.2) is 16.9 Å². The topological polar surface area (TPSA) is 36.3 Å². The molecule has 0 aliphatic heterocycles. The van der Waals surface area contributed by atoms with Crippen molar-refractivity contribution in [1.29, 1.82) is 0 Å². The van der Waals surface area contributed by atoms with Crippen LogP contribution in [0.5, 0.6) is 11.5 Å². The number of halogens is 2. The highest BCUT2D eigenvalue weighted by Crippen LogP contribution is 2.33. The first kappa shape index (κ1) is 15.4. The molecule has 108 valence electrons. The van der Waals surface area contributed by atoms with E-state index in [1.807, 2.05) is 36.9 Å². The normalized spacial score (nSPS) is 10.7. The van der Waals surface area contributed by atoms with Crippen molar-refractivity contribution in [3.05, 3.63) is 39.6 Å². The molecule has 0 aliphatic carbocycles. The molecule has 1 heterocycles. The zero-order valence-electron chi connectivity index (χ0n) is 11.6. The summed E-state index contributed by atoms with van der Waals surface area (Å²) >= 11 is 7.01. The summed E-state index contributed by atoms with van der Waals surface area (Å²) in [4.78, 5) is 0. The van der Waals surface area contributed by atoms with Gasteiger partial charge in [-0.05, 0) is 28.9 Å². The number of hydrogen-bond donors (Lipinski definition) is 0. The van der Waals surface area contributed by atoms with Crippen molar-refractivity contribution in [2.24, 2.45) is 7.05 Å². The summed E-state index contributed by atoms with van der Waals surface area (Å²) in [6, 6.07) is 5.85. The molecule has 0 saturated carbocycles. The zero-order valence-corrected chi connectivity index (χ0v) is 14.8. The minimum atomic E-state index is 0.429. The van der Waals surface area contributed by atoms with Crippen molar-refractivity contribution < 1.29 is 9.47 Å². The number of rotatable bonds is 5. The van der Waals surface area contributed by atoms with Crippen LogP contribution in [-0.2, 0) is 19.0 Å². The Morgan fingerprint density at radius 2 is 2.10 bits per heavy atom. The second-order valence-corrected chi connectivity index (χ2v) is 5.69. The third-order valence-corrected chi connectivity index (χ3v) is 4.67. The van der Waals surface area contributed by atoms with E-state index in [2.05, 4.69) is 37.0 Å². The smallest absolute Gasteiger partial charge is 0.165 e. The lowest BCUT2D eigenvalue weighted by atomic mass is 10.2. The number of ether oxygens (including phenoxy) is 2. The van der Waals surface area contributed by atoms with Crippen LogP contribution < -0.4 is 9.47 Å². The van der Waals surface area contributed by atoms with E-state index in [1.165, 1.54) is 0 Å². The van der Waals surface area contributed by atoms with Gasteiger partial charge in [0.1, 0.15) is 6.61 Å². The van der Waals surface area contributed by atoms with E-state index in [0.717, 1.165) is 32.9 Å². The summed E-state index contributed by atoms with van der Waals surface area (Å²) in [6.07, 6.45) is 0. The fourth-order valence-corrected chi connectivity index (χ4v) is 2.86. The fraction of sp³-hybridized carbons (Fsp3) is 0.357. The average Bonchev–Trinajstić information content (AvgIpc) is 2.69. The number of benzene rings is 1. The summed E-state index contributed by atoms with van der Waals surface area (Å²) in [5.74, 6) is 1.49. The quantitative estimate of drug-likeness (QED) is 0.708. The Labute approximate surface area is 135 Å². The van der Waals surface area contributed by atoms with Gasteiger partial charge < -0.3 is 9.47 Å². The second-order valence-electron chi connectivity index (χ2n) is 4.34. The number of alkyl halides is 1. The number of aromatic nitrogens is 2. The van der Waals surface area contributed by atoms with Gasteiger partial charge in [-0.15, -0.1) is 0 Å². The van der Waals surface area contributed by atoms with Gasteiger partial charge in [-0.25, -0.2) is 0 Å². The number of nitrogens with zero attached hydrogens (tertiary/aromatic N) is 2. The Balaban J connectivity index is 2.26. The molecular formula is C14H16Br2N2O2. The minimum absolute atomic E-state index is 0.429. The van der Waals surface area contributed by atoms with E-state index >= 15 is 0 Å². The van der Waals surface area contributed by atoms with Crippen LogP contribution in [0.3, 0.4) is 0 Å². The monoisotopic (exact) mass is 402 g/mol. The summed E-state index contributed by atoms with van der Waals surface area (Å²) in [6.45, 7) is 2.39. The van der Waals surface area contributed by atoms with Gasteiger partial charge in [0.05, 0.1) is 23.0 Å². The lowest BCUT2D eigenvalue weighted by Gasteiger charge is -2.14. The van der Waals surface area contributed by atoms with E-state index in [9.17, 15) is 0 Å². The number of aryl methyl sites for hydroxylation is 2. The van der Waals surface area contributed by atoms with Crippen molar-refractivity contribution in [2.75, 3.05) is 7.11 Å². The third kappa shape index (κ3) is 3.01. The largest absolute Gasteiger partial charge is 0.493 e. The first-order valence-electron chi connectivity index (χ1n) is 6.11. The third-order valence-electron chi connectivity index (χ3n) is 3.04. The highest BCUT2D eigenvalue weighted by molar-refractivity contribution is 9.10. The van der Waals surface area contributed by atoms with Crippen molar-refractivity contribution in [1.82, 2.24) is 9.78 Å². The van der Waals surface area contributed by atoms with Crippen LogP contribution in [0.2, 0.25) is 0 Å². The highest BCUT2D eigenvalue weighted by atomic mass is 79.9. The molecule has 6 heteroatoms. The predicted octanol–water partition coefficient (Wildman–Crippen LogP) is 3.97. The van der Waals surface area contributed by atoms with E-state index in [1.54, 1.807) is 7.11 Å². The number of methoxy groups -OCH3 is 1. The molecular weight excluding hydrogens is 388 g/mol. The van der Waals surface area contributed by atoms with Crippen LogP contribution in [0.15, 0.2) is 22.7 Å². The van der Waals surface area contributed by atoms with Crippen LogP contribution in [0.4, 0.5) is 0 Å². The highest BCUT2D eigenvalue weighted by Gasteiger charge is 2.14. The molecule has 20 heavy (non-hydrogen) atoms. The lowest BCUT2D eigenvalue weighted by molar-refractivity contribution is 0.273. The maximum absolute atomic E-state index is 5.97. The van der Waals surface area contributed by atoms with Gasteiger partial charge in [-0.3, -0.25) is 4.68 Å². The summed E-state index contributed by atoms with van der Waals surface area (Å²) in [5.41, 5.74) is 3.00. The van der Waals surface area contributed by atoms with Crippen LogP contribution in [0.25, 0.3) is 0 Å².